The second-order valence-corrected chi connectivity index (χ2v) is 13.3. The van der Waals surface area contributed by atoms with E-state index in [1.807, 2.05) is 121 Å². The van der Waals surface area contributed by atoms with Crippen LogP contribution in [0.2, 0.25) is 0 Å². The van der Waals surface area contributed by atoms with Gasteiger partial charge in [0, 0.05) is 33.4 Å². The Hall–Kier alpha value is -7.88. The van der Waals surface area contributed by atoms with Gasteiger partial charge in [0.05, 0.1) is 23.0 Å². The Bertz CT molecular complexity index is 2760. The van der Waals surface area contributed by atoms with E-state index in [-0.39, 0.29) is 0 Å². The summed E-state index contributed by atoms with van der Waals surface area (Å²) < 4.78 is 0. The Morgan fingerprint density at radius 3 is 1.12 bits per heavy atom. The van der Waals surface area contributed by atoms with Gasteiger partial charge in [-0.1, -0.05) is 170 Å². The van der Waals surface area contributed by atoms with E-state index < -0.39 is 0 Å². The fraction of sp³-hybridized carbons (Fsp3) is 0. The molecule has 9 aromatic rings. The predicted octanol–water partition coefficient (Wildman–Crippen LogP) is 11.9. The van der Waals surface area contributed by atoms with Gasteiger partial charge < -0.3 is 0 Å². The Labute approximate surface area is 325 Å². The molecule has 2 heterocycles. The highest BCUT2D eigenvalue weighted by Crippen LogP contribution is 2.32. The maximum atomic E-state index is 9.39. The fourth-order valence-electron chi connectivity index (χ4n) is 6.64. The van der Waals surface area contributed by atoms with E-state index in [0.29, 0.717) is 28.9 Å². The first kappa shape index (κ1) is 33.9. The van der Waals surface area contributed by atoms with Crippen molar-refractivity contribution < 1.29 is 0 Å². The second-order valence-electron chi connectivity index (χ2n) is 13.3. The lowest BCUT2D eigenvalue weighted by molar-refractivity contribution is 1.07. The first-order valence-electron chi connectivity index (χ1n) is 18.3. The molecule has 7 aromatic carbocycles. The van der Waals surface area contributed by atoms with Crippen molar-refractivity contribution in [3.05, 3.63) is 200 Å². The minimum Gasteiger partial charge on any atom is -0.228 e. The molecular formula is C50H32N6. The normalized spacial score (nSPS) is 10.8. The van der Waals surface area contributed by atoms with E-state index in [0.717, 1.165) is 67.0 Å². The molecule has 2 aromatic heterocycles. The lowest BCUT2D eigenvalue weighted by Crippen LogP contribution is -2.00. The highest BCUT2D eigenvalue weighted by molar-refractivity contribution is 5.77. The SMILES string of the molecule is N#Cc1ccc(-c2cc(-c3ccc(-c4cccc(-c5nc(-c6ccccc6)nc(-c6ccccc6)n5)c4)cc3)nc(-c3ccc(-c4ccccc4)cc3)n2)cc1. The molecule has 0 radical (unpaired) electrons. The highest BCUT2D eigenvalue weighted by atomic mass is 15.0. The minimum absolute atomic E-state index is 0.600. The van der Waals surface area contributed by atoms with Crippen molar-refractivity contribution in [2.45, 2.75) is 0 Å². The van der Waals surface area contributed by atoms with Crippen LogP contribution in [0.5, 0.6) is 0 Å². The van der Waals surface area contributed by atoms with E-state index in [1.54, 1.807) is 0 Å². The summed E-state index contributed by atoms with van der Waals surface area (Å²) in [5, 5.41) is 9.39. The van der Waals surface area contributed by atoms with Crippen LogP contribution in [-0.4, -0.2) is 24.9 Å². The molecule has 262 valence electrons. The van der Waals surface area contributed by atoms with Crippen LogP contribution in [0, 0.1) is 11.3 Å². The van der Waals surface area contributed by atoms with E-state index >= 15 is 0 Å². The summed E-state index contributed by atoms with van der Waals surface area (Å²) in [6, 6.07) is 67.1. The summed E-state index contributed by atoms with van der Waals surface area (Å²) in [7, 11) is 0. The van der Waals surface area contributed by atoms with Gasteiger partial charge in [0.1, 0.15) is 0 Å². The molecule has 0 amide bonds. The van der Waals surface area contributed by atoms with Gasteiger partial charge in [-0.25, -0.2) is 24.9 Å². The molecule has 0 saturated carbocycles. The van der Waals surface area contributed by atoms with Gasteiger partial charge in [0.2, 0.25) is 0 Å². The van der Waals surface area contributed by atoms with Gasteiger partial charge in [0.15, 0.2) is 23.3 Å². The van der Waals surface area contributed by atoms with E-state index in [2.05, 4.69) is 78.9 Å². The molecule has 0 N–H and O–H groups in total. The van der Waals surface area contributed by atoms with Crippen molar-refractivity contribution in [3.8, 4) is 96.4 Å². The summed E-state index contributed by atoms with van der Waals surface area (Å²) in [5.41, 5.74) is 12.1. The van der Waals surface area contributed by atoms with Crippen molar-refractivity contribution in [1.82, 2.24) is 24.9 Å². The van der Waals surface area contributed by atoms with Gasteiger partial charge in [-0.2, -0.15) is 5.26 Å². The third-order valence-corrected chi connectivity index (χ3v) is 9.62. The molecule has 0 aliphatic rings. The van der Waals surface area contributed by atoms with Crippen LogP contribution in [0.25, 0.3) is 90.3 Å². The lowest BCUT2D eigenvalue weighted by Gasteiger charge is -2.11. The van der Waals surface area contributed by atoms with Crippen LogP contribution in [0.1, 0.15) is 5.56 Å². The summed E-state index contributed by atoms with van der Waals surface area (Å²) >= 11 is 0. The van der Waals surface area contributed by atoms with E-state index in [1.165, 1.54) is 0 Å². The number of aromatic nitrogens is 5. The maximum Gasteiger partial charge on any atom is 0.164 e. The van der Waals surface area contributed by atoms with Crippen LogP contribution in [0.4, 0.5) is 0 Å². The van der Waals surface area contributed by atoms with Gasteiger partial charge in [-0.05, 0) is 46.5 Å². The summed E-state index contributed by atoms with van der Waals surface area (Å²) in [6.07, 6.45) is 0. The largest absolute Gasteiger partial charge is 0.228 e. The second kappa shape index (κ2) is 15.2. The smallest absolute Gasteiger partial charge is 0.164 e. The van der Waals surface area contributed by atoms with Crippen molar-refractivity contribution in [2.75, 3.05) is 0 Å². The Balaban J connectivity index is 1.07. The topological polar surface area (TPSA) is 88.2 Å². The number of hydrogen-bond donors (Lipinski definition) is 0. The summed E-state index contributed by atoms with van der Waals surface area (Å²) in [5.74, 6) is 2.49. The van der Waals surface area contributed by atoms with E-state index in [9.17, 15) is 5.26 Å². The number of benzene rings is 7. The number of rotatable bonds is 8. The van der Waals surface area contributed by atoms with Crippen molar-refractivity contribution in [1.29, 1.82) is 5.26 Å². The highest BCUT2D eigenvalue weighted by Gasteiger charge is 2.15. The van der Waals surface area contributed by atoms with Crippen LogP contribution in [0.3, 0.4) is 0 Å². The molecule has 9 rings (SSSR count). The average molecular weight is 717 g/mol. The number of hydrogen-bond acceptors (Lipinski definition) is 6. The van der Waals surface area contributed by atoms with Crippen LogP contribution in [0.15, 0.2) is 194 Å². The van der Waals surface area contributed by atoms with Crippen molar-refractivity contribution in [3.63, 3.8) is 0 Å². The minimum atomic E-state index is 0.600. The van der Waals surface area contributed by atoms with Gasteiger partial charge in [0.25, 0.3) is 0 Å². The molecule has 0 unspecified atom stereocenters. The molecule has 6 nitrogen and oxygen atoms in total. The quantitative estimate of drug-likeness (QED) is 0.156. The molecule has 0 aliphatic carbocycles. The Kier molecular flexibility index (Phi) is 9.23. The lowest BCUT2D eigenvalue weighted by atomic mass is 9.99. The molecule has 0 bridgehead atoms. The average Bonchev–Trinajstić information content (AvgIpc) is 3.30. The zero-order chi connectivity index (χ0) is 37.7. The Morgan fingerprint density at radius 1 is 0.268 bits per heavy atom. The zero-order valence-corrected chi connectivity index (χ0v) is 30.2. The first-order chi connectivity index (χ1) is 27.7. The summed E-state index contributed by atoms with van der Waals surface area (Å²) in [4.78, 5) is 24.8. The number of nitriles is 1. The zero-order valence-electron chi connectivity index (χ0n) is 30.2. The first-order valence-corrected chi connectivity index (χ1v) is 18.3. The van der Waals surface area contributed by atoms with Crippen LogP contribution in [-0.2, 0) is 0 Å². The van der Waals surface area contributed by atoms with Gasteiger partial charge in [-0.15, -0.1) is 0 Å². The molecule has 0 spiro atoms. The Morgan fingerprint density at radius 2 is 0.607 bits per heavy atom. The molecule has 0 aliphatic heterocycles. The van der Waals surface area contributed by atoms with Crippen molar-refractivity contribution >= 4 is 0 Å². The molecule has 0 fully saturated rings. The monoisotopic (exact) mass is 716 g/mol. The maximum absolute atomic E-state index is 9.39. The predicted molar refractivity (Wildman–Crippen MR) is 224 cm³/mol. The van der Waals surface area contributed by atoms with Gasteiger partial charge in [-0.3, -0.25) is 0 Å². The molecular weight excluding hydrogens is 685 g/mol. The molecule has 0 atom stereocenters. The molecule has 0 saturated heterocycles. The van der Waals surface area contributed by atoms with Gasteiger partial charge >= 0.3 is 0 Å². The number of nitrogens with zero attached hydrogens (tertiary/aromatic N) is 6. The molecule has 6 heteroatoms. The van der Waals surface area contributed by atoms with Crippen molar-refractivity contribution in [2.24, 2.45) is 0 Å². The molecule has 56 heavy (non-hydrogen) atoms. The van der Waals surface area contributed by atoms with Crippen LogP contribution < -0.4 is 0 Å². The standard InChI is InChI=1S/C50H32N6/c51-33-34-19-21-38(22-20-34)45-32-46(53-47(52-45)42-29-25-36(26-30-42)35-11-4-1-5-12-35)39-27-23-37(24-28-39)43-17-10-18-44(31-43)50-55-48(40-13-6-2-7-14-40)54-49(56-50)41-15-8-3-9-16-41/h1-32H. The fourth-order valence-corrected chi connectivity index (χ4v) is 6.64. The summed E-state index contributed by atoms with van der Waals surface area (Å²) in [6.45, 7) is 0. The third kappa shape index (κ3) is 7.21. The van der Waals surface area contributed by atoms with E-state index in [4.69, 9.17) is 24.9 Å². The van der Waals surface area contributed by atoms with Crippen LogP contribution >= 0.6 is 0 Å². The third-order valence-electron chi connectivity index (χ3n) is 9.62.